The van der Waals surface area contributed by atoms with Gasteiger partial charge in [-0.25, -0.2) is 9.98 Å². The first kappa shape index (κ1) is 55.6. The number of fused-ring (bicyclic) bond motifs is 4. The summed E-state index contributed by atoms with van der Waals surface area (Å²) in [7, 11) is 0. The molecule has 0 aromatic heterocycles. The van der Waals surface area contributed by atoms with Gasteiger partial charge in [-0.1, -0.05) is 91.3 Å². The Bertz CT molecular complexity index is 3000. The fourth-order valence-electron chi connectivity index (χ4n) is 13.1. The van der Waals surface area contributed by atoms with Gasteiger partial charge in [-0.15, -0.1) is 0 Å². The van der Waals surface area contributed by atoms with Gasteiger partial charge in [0.25, 0.3) is 0 Å². The Balaban J connectivity index is 0.000000192. The molecule has 0 saturated heterocycles. The molecule has 78 heavy (non-hydrogen) atoms. The van der Waals surface area contributed by atoms with Crippen LogP contribution < -0.4 is 29.6 Å². The topological polar surface area (TPSA) is 40.9 Å². The van der Waals surface area contributed by atoms with E-state index in [9.17, 15) is 0 Å². The van der Waals surface area contributed by atoms with E-state index in [1.54, 1.807) is 0 Å². The van der Waals surface area contributed by atoms with Crippen LogP contribution in [0.25, 0.3) is 22.3 Å². The van der Waals surface area contributed by atoms with Crippen LogP contribution in [0.2, 0.25) is 0 Å². The van der Waals surface area contributed by atoms with Crippen molar-refractivity contribution in [3.8, 4) is 0 Å². The van der Waals surface area contributed by atoms with E-state index < -0.39 is 0 Å². The number of rotatable bonds is 19. The fourth-order valence-corrected chi connectivity index (χ4v) is 13.1. The number of hydrogen-bond acceptors (Lipinski definition) is 4. The smallest absolute Gasteiger partial charge is 0.206 e. The quantitative estimate of drug-likeness (QED) is 0.0848. The Morgan fingerprint density at radius 3 is 1.00 bits per heavy atom. The molecule has 4 aliphatic rings. The third-order valence-corrected chi connectivity index (χ3v) is 17.3. The van der Waals surface area contributed by atoms with Crippen LogP contribution in [0.4, 0.5) is 22.7 Å². The Kier molecular flexibility index (Phi) is 18.8. The molecule has 3 atom stereocenters. The van der Waals surface area contributed by atoms with Gasteiger partial charge < -0.3 is 19.6 Å². The minimum Gasteiger partial charge on any atom is -0.372 e. The molecule has 6 heteroatoms. The monoisotopic (exact) mass is 1040 g/mol. The zero-order valence-corrected chi connectivity index (χ0v) is 48.6. The number of hydrogen-bond donors (Lipinski definition) is 2. The molecule has 0 radical (unpaired) electrons. The highest BCUT2D eigenvalue weighted by Gasteiger charge is 2.40. The molecule has 0 amide bonds. The van der Waals surface area contributed by atoms with Crippen LogP contribution >= 0.6 is 0 Å². The minimum atomic E-state index is 0.831. The van der Waals surface area contributed by atoms with E-state index in [0.29, 0.717) is 0 Å². The summed E-state index contributed by atoms with van der Waals surface area (Å²) in [4.78, 5) is 17.1. The van der Waals surface area contributed by atoms with Gasteiger partial charge in [0, 0.05) is 93.2 Å². The van der Waals surface area contributed by atoms with Crippen LogP contribution in [0, 0.1) is 17.8 Å². The largest absolute Gasteiger partial charge is 0.372 e. The lowest BCUT2D eigenvalue weighted by molar-refractivity contribution is -0.466. The van der Waals surface area contributed by atoms with Crippen molar-refractivity contribution in [3.05, 3.63) is 214 Å². The Morgan fingerprint density at radius 2 is 0.705 bits per heavy atom. The molecule has 404 valence electrons. The molecule has 0 aliphatic heterocycles. The Morgan fingerprint density at radius 1 is 0.372 bits per heavy atom. The van der Waals surface area contributed by atoms with Crippen molar-refractivity contribution in [2.45, 2.75) is 88.0 Å². The first-order chi connectivity index (χ1) is 38.3. The summed E-state index contributed by atoms with van der Waals surface area (Å²) >= 11 is 0. The molecule has 6 aromatic rings. The highest BCUT2D eigenvalue weighted by Crippen LogP contribution is 2.48. The molecule has 4 aliphatic carbocycles. The number of nitrogens with one attached hydrogen (secondary N) is 2. The van der Waals surface area contributed by atoms with Gasteiger partial charge in [-0.3, -0.25) is 0 Å². The van der Waals surface area contributed by atoms with Gasteiger partial charge in [0.2, 0.25) is 11.4 Å². The maximum absolute atomic E-state index is 3.91. The maximum atomic E-state index is 3.91. The maximum Gasteiger partial charge on any atom is 0.206 e. The van der Waals surface area contributed by atoms with E-state index in [1.165, 1.54) is 127 Å². The van der Waals surface area contributed by atoms with E-state index in [0.717, 1.165) is 83.2 Å². The predicted molar refractivity (Wildman–Crippen MR) is 337 cm³/mol. The second kappa shape index (κ2) is 26.4. The minimum absolute atomic E-state index is 0.831. The highest BCUT2D eigenvalue weighted by atomic mass is 15.1. The van der Waals surface area contributed by atoms with Gasteiger partial charge >= 0.3 is 0 Å². The van der Waals surface area contributed by atoms with Crippen LogP contribution in [0.15, 0.2) is 170 Å². The van der Waals surface area contributed by atoms with E-state index >= 15 is 0 Å². The molecule has 2 saturated carbocycles. The van der Waals surface area contributed by atoms with Gasteiger partial charge in [-0.2, -0.15) is 0 Å². The second-order valence-electron chi connectivity index (χ2n) is 21.4. The van der Waals surface area contributed by atoms with Crippen molar-refractivity contribution in [2.75, 3.05) is 85.0 Å². The summed E-state index contributed by atoms with van der Waals surface area (Å²) in [5, 5.41) is 0. The van der Waals surface area contributed by atoms with Gasteiger partial charge in [0.15, 0.2) is 0 Å². The van der Waals surface area contributed by atoms with Gasteiger partial charge in [-0.05, 0) is 222 Å². The molecule has 6 nitrogen and oxygen atoms in total. The van der Waals surface area contributed by atoms with Gasteiger partial charge in [0.05, 0.1) is 11.1 Å². The first-order valence-electron chi connectivity index (χ1n) is 29.9. The standard InChI is InChI=1S/C39H47N3.C33H39N3/c1-5-41(6-2)33-19-15-29(16-20-33)39(30-17-21-34(22-18-30)42(7-3)8-4)37-23-24-38(36-12-10-9-11-35(36)37)40-27-32-26-28-13-14-31(32)25-28;1-6-34-32-24-23-31(29-13-11-12-14-30(29)32)33(25-15-19-27(20-16-25)35(7-2)8-3)26-17-21-28(22-18-26)36(9-4)10-5/h9-12,15-24,28,31-32H,5-8,13-14,25-27H2,1-4H3;11-24H,6-10H2,1-5H3/p+2. The average Bonchev–Trinajstić information content (AvgIpc) is 4.14. The molecule has 3 unspecified atom stereocenters. The van der Waals surface area contributed by atoms with Crippen molar-refractivity contribution < 1.29 is 9.98 Å². The van der Waals surface area contributed by atoms with Crippen LogP contribution in [0.3, 0.4) is 0 Å². The molecular formula is C72H88N6+2. The zero-order valence-electron chi connectivity index (χ0n) is 48.6. The lowest BCUT2D eigenvalue weighted by atomic mass is 9.83. The molecular weight excluding hydrogens is 949 g/mol. The number of anilines is 4. The average molecular weight is 1040 g/mol. The van der Waals surface area contributed by atoms with Crippen molar-refractivity contribution in [2.24, 2.45) is 17.8 Å². The summed E-state index contributed by atoms with van der Waals surface area (Å²) in [6, 6.07) is 54.4. The van der Waals surface area contributed by atoms with Gasteiger partial charge in [0.1, 0.15) is 13.1 Å². The number of benzene rings is 6. The highest BCUT2D eigenvalue weighted by molar-refractivity contribution is 6.18. The van der Waals surface area contributed by atoms with Crippen LogP contribution in [0.5, 0.6) is 0 Å². The van der Waals surface area contributed by atoms with Crippen molar-refractivity contribution in [1.29, 1.82) is 0 Å². The van der Waals surface area contributed by atoms with E-state index in [-0.39, 0.29) is 0 Å². The second-order valence-corrected chi connectivity index (χ2v) is 21.4. The van der Waals surface area contributed by atoms with Crippen molar-refractivity contribution >= 4 is 56.5 Å². The Hall–Kier alpha value is -7.18. The molecule has 2 fully saturated rings. The summed E-state index contributed by atoms with van der Waals surface area (Å²) in [6.07, 6.45) is 15.0. The molecule has 2 bridgehead atoms. The summed E-state index contributed by atoms with van der Waals surface area (Å²) in [5.41, 5.74) is 22.8. The summed E-state index contributed by atoms with van der Waals surface area (Å²) in [6.45, 7) is 30.0. The van der Waals surface area contributed by atoms with E-state index in [1.807, 2.05) is 0 Å². The lowest BCUT2D eigenvalue weighted by Gasteiger charge is -2.24. The summed E-state index contributed by atoms with van der Waals surface area (Å²) < 4.78 is 0. The Labute approximate surface area is 469 Å². The fraction of sp³-hybridized carbons (Fsp3) is 0.361. The first-order valence-corrected chi connectivity index (χ1v) is 29.9. The molecule has 2 N–H and O–H groups in total. The van der Waals surface area contributed by atoms with Crippen LogP contribution in [0.1, 0.15) is 133 Å². The predicted octanol–water partition coefficient (Wildman–Crippen LogP) is 13.0. The normalized spacial score (nSPS) is 17.9. The number of nitrogens with zero attached hydrogens (tertiary/aromatic N) is 4. The molecule has 0 heterocycles. The number of allylic oxidation sites excluding steroid dienone is 6. The third-order valence-electron chi connectivity index (χ3n) is 17.3. The summed E-state index contributed by atoms with van der Waals surface area (Å²) in [5.74, 6) is 2.75. The van der Waals surface area contributed by atoms with E-state index in [4.69, 9.17) is 0 Å². The lowest BCUT2D eigenvalue weighted by Crippen LogP contribution is -2.75. The molecule has 0 spiro atoms. The third kappa shape index (κ3) is 12.1. The molecule has 10 rings (SSSR count). The van der Waals surface area contributed by atoms with Crippen LogP contribution in [-0.4, -0.2) is 76.9 Å². The zero-order chi connectivity index (χ0) is 54.5. The van der Waals surface area contributed by atoms with E-state index in [2.05, 4.69) is 262 Å². The van der Waals surface area contributed by atoms with Crippen molar-refractivity contribution in [3.63, 3.8) is 0 Å². The van der Waals surface area contributed by atoms with Crippen molar-refractivity contribution in [1.82, 2.24) is 0 Å². The van der Waals surface area contributed by atoms with Crippen LogP contribution in [-0.2, 0) is 0 Å². The SMILES string of the molecule is CCN(CC)c1ccc(C(=C2C=CC(=[NH+]CC3CC4CCC3C4)c3ccccc32)c2ccc(N(CC)CC)cc2)cc1.CC[NH+]=C1C=CC(=C(c2ccc(N(CC)CC)cc2)c2ccc(N(CC)CC)cc2)c2ccccc21. The molecule has 6 aromatic carbocycles.